The van der Waals surface area contributed by atoms with E-state index >= 15 is 0 Å². The number of nitrogens with one attached hydrogen (secondary N) is 1. The Hall–Kier alpha value is -1.60. The first-order valence-corrected chi connectivity index (χ1v) is 7.69. The Balaban J connectivity index is 1.81. The summed E-state index contributed by atoms with van der Waals surface area (Å²) in [4.78, 5) is 32.8. The van der Waals surface area contributed by atoms with Gasteiger partial charge in [-0.25, -0.2) is 4.98 Å². The van der Waals surface area contributed by atoms with E-state index in [4.69, 9.17) is 0 Å². The molecule has 0 aromatic carbocycles. The first kappa shape index (κ1) is 13.4. The van der Waals surface area contributed by atoms with Gasteiger partial charge in [-0.05, 0) is 34.8 Å². The zero-order valence-electron chi connectivity index (χ0n) is 10.4. The minimum absolute atomic E-state index is 0.119. The van der Waals surface area contributed by atoms with E-state index in [-0.39, 0.29) is 11.7 Å². The number of aromatic nitrogens is 2. The maximum Gasteiger partial charge on any atom is 0.259 e. The summed E-state index contributed by atoms with van der Waals surface area (Å²) in [5.74, 6) is -0.161. The predicted molar refractivity (Wildman–Crippen MR) is 79.3 cm³/mol. The van der Waals surface area contributed by atoms with Gasteiger partial charge >= 0.3 is 0 Å². The molecule has 102 valence electrons. The number of rotatable bonds is 2. The van der Waals surface area contributed by atoms with Gasteiger partial charge in [0, 0.05) is 23.3 Å². The van der Waals surface area contributed by atoms with Crippen molar-refractivity contribution in [1.82, 2.24) is 9.97 Å². The molecule has 7 heteroatoms. The Kier molecular flexibility index (Phi) is 3.62. The van der Waals surface area contributed by atoms with Crippen LogP contribution in [0.5, 0.6) is 0 Å². The molecule has 5 nitrogen and oxygen atoms in total. The molecule has 2 heterocycles. The maximum absolute atomic E-state index is 12.1. The average molecular weight is 352 g/mol. The molecule has 0 bridgehead atoms. The van der Waals surface area contributed by atoms with Crippen LogP contribution in [0.1, 0.15) is 38.6 Å². The minimum Gasteiger partial charge on any atom is -0.298 e. The van der Waals surface area contributed by atoms with E-state index < -0.39 is 0 Å². The number of halogens is 1. The zero-order valence-corrected chi connectivity index (χ0v) is 12.8. The van der Waals surface area contributed by atoms with Crippen LogP contribution in [-0.2, 0) is 6.42 Å². The van der Waals surface area contributed by atoms with Crippen molar-refractivity contribution in [2.75, 3.05) is 5.32 Å². The quantitative estimate of drug-likeness (QED) is 0.902. The Bertz CT molecular complexity index is 699. The van der Waals surface area contributed by atoms with Crippen molar-refractivity contribution < 1.29 is 9.59 Å². The fourth-order valence-electron chi connectivity index (χ4n) is 2.03. The first-order valence-electron chi connectivity index (χ1n) is 6.08. The highest BCUT2D eigenvalue weighted by atomic mass is 79.9. The average Bonchev–Trinajstić information content (AvgIpc) is 2.83. The highest BCUT2D eigenvalue weighted by molar-refractivity contribution is 9.10. The van der Waals surface area contributed by atoms with Crippen LogP contribution in [0.15, 0.2) is 22.9 Å². The highest BCUT2D eigenvalue weighted by Gasteiger charge is 2.22. The highest BCUT2D eigenvalue weighted by Crippen LogP contribution is 2.29. The lowest BCUT2D eigenvalue weighted by Crippen LogP contribution is -2.12. The number of pyridine rings is 1. The van der Waals surface area contributed by atoms with Gasteiger partial charge in [-0.2, -0.15) is 0 Å². The number of amides is 1. The van der Waals surface area contributed by atoms with Crippen LogP contribution >= 0.6 is 27.3 Å². The second-order valence-corrected chi connectivity index (χ2v) is 6.33. The van der Waals surface area contributed by atoms with Crippen LogP contribution in [0, 0.1) is 0 Å². The molecule has 0 fully saturated rings. The molecule has 1 aliphatic rings. The number of hydrogen-bond acceptors (Lipinski definition) is 5. The molecule has 0 radical (unpaired) electrons. The minimum atomic E-state index is -0.280. The van der Waals surface area contributed by atoms with E-state index in [9.17, 15) is 9.59 Å². The van der Waals surface area contributed by atoms with E-state index in [2.05, 4.69) is 31.2 Å². The summed E-state index contributed by atoms with van der Waals surface area (Å²) in [6.45, 7) is 0. The molecule has 0 atom stereocenters. The third kappa shape index (κ3) is 2.64. The lowest BCUT2D eigenvalue weighted by atomic mass is 10.0. The number of anilines is 1. The van der Waals surface area contributed by atoms with Gasteiger partial charge in [-0.15, -0.1) is 0 Å². The van der Waals surface area contributed by atoms with Crippen LogP contribution in [0.25, 0.3) is 0 Å². The van der Waals surface area contributed by atoms with Crippen LogP contribution in [0.4, 0.5) is 5.13 Å². The third-order valence-electron chi connectivity index (χ3n) is 2.96. The van der Waals surface area contributed by atoms with Crippen LogP contribution in [0.3, 0.4) is 0 Å². The lowest BCUT2D eigenvalue weighted by Gasteiger charge is -2.05. The molecule has 0 unspecified atom stereocenters. The number of fused-ring (bicyclic) bond motifs is 1. The van der Waals surface area contributed by atoms with E-state index in [1.807, 2.05) is 0 Å². The van der Waals surface area contributed by atoms with Crippen molar-refractivity contribution in [2.45, 2.75) is 19.3 Å². The van der Waals surface area contributed by atoms with Gasteiger partial charge in [0.1, 0.15) is 0 Å². The first-order chi connectivity index (χ1) is 9.63. The Labute approximate surface area is 127 Å². The standard InChI is InChI=1S/C13H10BrN3O2S/c14-8-4-7(5-15-6-8)12(19)17-13-16-9-2-1-3-10(18)11(9)20-13/h4-6H,1-3H2,(H,16,17,19). The summed E-state index contributed by atoms with van der Waals surface area (Å²) >= 11 is 4.52. The number of Topliss-reactive ketones (excluding diaryl/α,β-unsaturated/α-hetero) is 1. The Morgan fingerprint density at radius 3 is 2.95 bits per heavy atom. The monoisotopic (exact) mass is 351 g/mol. The molecule has 1 N–H and O–H groups in total. The number of ketones is 1. The molecule has 2 aromatic rings. The number of carbonyl (C=O) groups excluding carboxylic acids is 2. The summed E-state index contributed by atoms with van der Waals surface area (Å²) in [5.41, 5.74) is 1.24. The van der Waals surface area contributed by atoms with E-state index in [1.54, 1.807) is 12.3 Å². The molecule has 20 heavy (non-hydrogen) atoms. The number of hydrogen-bond donors (Lipinski definition) is 1. The third-order valence-corrected chi connectivity index (χ3v) is 4.44. The molecule has 1 aliphatic carbocycles. The summed E-state index contributed by atoms with van der Waals surface area (Å²) < 4.78 is 0.735. The van der Waals surface area contributed by atoms with Crippen molar-refractivity contribution >= 4 is 44.1 Å². The molecular formula is C13H10BrN3O2S. The second kappa shape index (κ2) is 5.41. The van der Waals surface area contributed by atoms with Crippen molar-refractivity contribution in [1.29, 1.82) is 0 Å². The van der Waals surface area contributed by atoms with Crippen molar-refractivity contribution in [3.63, 3.8) is 0 Å². The van der Waals surface area contributed by atoms with Crippen molar-refractivity contribution in [3.05, 3.63) is 39.1 Å². The van der Waals surface area contributed by atoms with Gasteiger partial charge in [0.15, 0.2) is 10.9 Å². The summed E-state index contributed by atoms with van der Waals surface area (Å²) in [6, 6.07) is 1.68. The van der Waals surface area contributed by atoms with Gasteiger partial charge < -0.3 is 0 Å². The van der Waals surface area contributed by atoms with Crippen molar-refractivity contribution in [3.8, 4) is 0 Å². The number of aryl methyl sites for hydroxylation is 1. The van der Waals surface area contributed by atoms with Crippen LogP contribution < -0.4 is 5.32 Å². The van der Waals surface area contributed by atoms with Gasteiger partial charge in [-0.3, -0.25) is 19.9 Å². The van der Waals surface area contributed by atoms with Crippen LogP contribution in [0.2, 0.25) is 0 Å². The fourth-order valence-corrected chi connectivity index (χ4v) is 3.37. The van der Waals surface area contributed by atoms with Gasteiger partial charge in [0.05, 0.1) is 16.1 Å². The Morgan fingerprint density at radius 1 is 1.35 bits per heavy atom. The molecular weight excluding hydrogens is 342 g/mol. The van der Waals surface area contributed by atoms with Gasteiger partial charge in [0.25, 0.3) is 5.91 Å². The maximum atomic E-state index is 12.1. The van der Waals surface area contributed by atoms with E-state index in [0.717, 1.165) is 23.0 Å². The van der Waals surface area contributed by atoms with E-state index in [1.165, 1.54) is 17.5 Å². The normalized spacial score (nSPS) is 13.9. The fraction of sp³-hybridized carbons (Fsp3) is 0.231. The molecule has 1 amide bonds. The number of thiazole rings is 1. The number of nitrogens with zero attached hydrogens (tertiary/aromatic N) is 2. The summed E-state index contributed by atoms with van der Waals surface area (Å²) in [7, 11) is 0. The second-order valence-electron chi connectivity index (χ2n) is 4.42. The van der Waals surface area contributed by atoms with Gasteiger partial charge in [0.2, 0.25) is 0 Å². The Morgan fingerprint density at radius 2 is 2.20 bits per heavy atom. The predicted octanol–water partition coefficient (Wildman–Crippen LogP) is 3.07. The summed E-state index contributed by atoms with van der Waals surface area (Å²) in [5, 5.41) is 3.19. The van der Waals surface area contributed by atoms with Crippen molar-refractivity contribution in [2.24, 2.45) is 0 Å². The van der Waals surface area contributed by atoms with E-state index in [0.29, 0.717) is 22.0 Å². The zero-order chi connectivity index (χ0) is 14.1. The largest absolute Gasteiger partial charge is 0.298 e. The molecule has 3 rings (SSSR count). The number of carbonyl (C=O) groups is 2. The topological polar surface area (TPSA) is 72.0 Å². The molecule has 0 spiro atoms. The molecule has 2 aromatic heterocycles. The molecule has 0 aliphatic heterocycles. The molecule has 0 saturated heterocycles. The summed E-state index contributed by atoms with van der Waals surface area (Å²) in [6.07, 6.45) is 5.29. The smallest absolute Gasteiger partial charge is 0.259 e. The molecule has 0 saturated carbocycles. The van der Waals surface area contributed by atoms with Gasteiger partial charge in [-0.1, -0.05) is 11.3 Å². The SMILES string of the molecule is O=C(Nc1nc2c(s1)C(=O)CCC2)c1cncc(Br)c1. The van der Waals surface area contributed by atoms with Crippen LogP contribution in [-0.4, -0.2) is 21.7 Å². The lowest BCUT2D eigenvalue weighted by molar-refractivity contribution is 0.0975.